The van der Waals surface area contributed by atoms with Gasteiger partial charge in [0.05, 0.1) is 10.5 Å². The van der Waals surface area contributed by atoms with E-state index < -0.39 is 27.8 Å². The fraction of sp³-hybridized carbons (Fsp3) is 0.429. The Bertz CT molecular complexity index is 645. The minimum Gasteiger partial charge on any atom is -0.207 e. The summed E-state index contributed by atoms with van der Waals surface area (Å²) in [6.45, 7) is 2.88. The van der Waals surface area contributed by atoms with Crippen LogP contribution in [-0.2, 0) is 16.2 Å². The number of hydrogen-bond acceptors (Lipinski definition) is 2. The molecule has 3 nitrogen and oxygen atoms in total. The van der Waals surface area contributed by atoms with Crippen molar-refractivity contribution < 1.29 is 21.6 Å². The molecular weight excluding hydrogens is 303 g/mol. The van der Waals surface area contributed by atoms with Crippen molar-refractivity contribution in [3.8, 4) is 12.3 Å². The molecule has 1 unspecified atom stereocenters. The van der Waals surface area contributed by atoms with E-state index in [2.05, 4.69) is 10.6 Å². The van der Waals surface area contributed by atoms with Crippen LogP contribution in [0.3, 0.4) is 0 Å². The van der Waals surface area contributed by atoms with Crippen LogP contribution in [0.5, 0.6) is 0 Å². The van der Waals surface area contributed by atoms with Gasteiger partial charge in [-0.2, -0.15) is 13.2 Å². The van der Waals surface area contributed by atoms with Crippen molar-refractivity contribution in [3.05, 3.63) is 29.3 Å². The standard InChI is InChI=1S/C14H16F3NO2S/c1-4-7-11(5-2)18-21(19,20)13-9-6-8-12(10(13)3)14(15,16)17/h1,6,8-9,11,18H,5,7H2,2-3H3. The molecule has 0 aromatic heterocycles. The Labute approximate surface area is 122 Å². The topological polar surface area (TPSA) is 46.2 Å². The zero-order valence-electron chi connectivity index (χ0n) is 11.7. The Hall–Kier alpha value is -1.52. The van der Waals surface area contributed by atoms with Crippen LogP contribution in [0, 0.1) is 19.3 Å². The van der Waals surface area contributed by atoms with Gasteiger partial charge in [0, 0.05) is 12.5 Å². The molecule has 0 amide bonds. The van der Waals surface area contributed by atoms with Crippen molar-refractivity contribution in [3.63, 3.8) is 0 Å². The summed E-state index contributed by atoms with van der Waals surface area (Å²) in [5, 5.41) is 0. The second-order valence-corrected chi connectivity index (χ2v) is 6.24. The molecule has 0 radical (unpaired) electrons. The second kappa shape index (κ2) is 6.50. The molecule has 21 heavy (non-hydrogen) atoms. The first-order chi connectivity index (χ1) is 9.63. The van der Waals surface area contributed by atoms with Gasteiger partial charge >= 0.3 is 6.18 Å². The predicted molar refractivity (Wildman–Crippen MR) is 74.0 cm³/mol. The average molecular weight is 319 g/mol. The average Bonchev–Trinajstić information content (AvgIpc) is 2.36. The van der Waals surface area contributed by atoms with Gasteiger partial charge in [0.25, 0.3) is 0 Å². The van der Waals surface area contributed by atoms with Crippen molar-refractivity contribution in [2.45, 2.75) is 43.8 Å². The van der Waals surface area contributed by atoms with Crippen LogP contribution >= 0.6 is 0 Å². The number of alkyl halides is 3. The van der Waals surface area contributed by atoms with Gasteiger partial charge in [0.1, 0.15) is 0 Å². The van der Waals surface area contributed by atoms with Crippen molar-refractivity contribution >= 4 is 10.0 Å². The molecule has 1 aromatic carbocycles. The predicted octanol–water partition coefficient (Wildman–Crippen LogP) is 3.09. The molecule has 1 aromatic rings. The molecule has 0 fully saturated rings. The maximum Gasteiger partial charge on any atom is 0.416 e. The van der Waals surface area contributed by atoms with Gasteiger partial charge in [-0.15, -0.1) is 12.3 Å². The molecule has 0 saturated heterocycles. The summed E-state index contributed by atoms with van der Waals surface area (Å²) >= 11 is 0. The van der Waals surface area contributed by atoms with E-state index in [4.69, 9.17) is 6.42 Å². The molecule has 7 heteroatoms. The number of benzene rings is 1. The number of sulfonamides is 1. The summed E-state index contributed by atoms with van der Waals surface area (Å²) in [7, 11) is -4.05. The third-order valence-electron chi connectivity index (χ3n) is 3.06. The van der Waals surface area contributed by atoms with Gasteiger partial charge in [-0.1, -0.05) is 13.0 Å². The van der Waals surface area contributed by atoms with Gasteiger partial charge in [0.15, 0.2) is 0 Å². The quantitative estimate of drug-likeness (QED) is 0.848. The maximum absolute atomic E-state index is 12.8. The van der Waals surface area contributed by atoms with E-state index in [0.29, 0.717) is 6.42 Å². The van der Waals surface area contributed by atoms with Crippen molar-refractivity contribution in [1.82, 2.24) is 4.72 Å². The normalized spacial score (nSPS) is 13.7. The van der Waals surface area contributed by atoms with Gasteiger partial charge in [-0.25, -0.2) is 13.1 Å². The first kappa shape index (κ1) is 17.5. The molecule has 0 aliphatic rings. The highest BCUT2D eigenvalue weighted by atomic mass is 32.2. The van der Waals surface area contributed by atoms with E-state index in [1.54, 1.807) is 6.92 Å². The zero-order chi connectivity index (χ0) is 16.3. The van der Waals surface area contributed by atoms with E-state index >= 15 is 0 Å². The van der Waals surface area contributed by atoms with Crippen LogP contribution in [0.4, 0.5) is 13.2 Å². The summed E-state index contributed by atoms with van der Waals surface area (Å²) in [5.74, 6) is 2.34. The molecule has 0 saturated carbocycles. The largest absolute Gasteiger partial charge is 0.416 e. The summed E-state index contributed by atoms with van der Waals surface area (Å²) in [6, 6.07) is 2.57. The number of hydrogen-bond donors (Lipinski definition) is 1. The Morgan fingerprint density at radius 2 is 2.00 bits per heavy atom. The zero-order valence-corrected chi connectivity index (χ0v) is 12.5. The highest BCUT2D eigenvalue weighted by Gasteiger charge is 2.34. The van der Waals surface area contributed by atoms with Crippen LogP contribution in [0.25, 0.3) is 0 Å². The Morgan fingerprint density at radius 3 is 2.48 bits per heavy atom. The summed E-state index contributed by atoms with van der Waals surface area (Å²) in [5.41, 5.74) is -1.29. The number of terminal acetylenes is 1. The lowest BCUT2D eigenvalue weighted by Crippen LogP contribution is -2.34. The smallest absolute Gasteiger partial charge is 0.207 e. The number of halogens is 3. The Balaban J connectivity index is 3.25. The first-order valence-corrected chi connectivity index (χ1v) is 7.74. The second-order valence-electron chi connectivity index (χ2n) is 4.56. The molecule has 1 atom stereocenters. The Kier molecular flexibility index (Phi) is 5.42. The molecular formula is C14H16F3NO2S. The van der Waals surface area contributed by atoms with Crippen molar-refractivity contribution in [2.24, 2.45) is 0 Å². The first-order valence-electron chi connectivity index (χ1n) is 6.26. The molecule has 0 aliphatic heterocycles. The van der Waals surface area contributed by atoms with Gasteiger partial charge in [-0.05, 0) is 31.0 Å². The SMILES string of the molecule is C#CCC(CC)NS(=O)(=O)c1cccc(C(F)(F)F)c1C. The third kappa shape index (κ3) is 4.22. The molecule has 0 aliphatic carbocycles. The molecule has 0 spiro atoms. The minimum atomic E-state index is -4.60. The van der Waals surface area contributed by atoms with Crippen LogP contribution < -0.4 is 4.72 Å². The highest BCUT2D eigenvalue weighted by Crippen LogP contribution is 2.34. The Morgan fingerprint density at radius 1 is 1.38 bits per heavy atom. The van der Waals surface area contributed by atoms with Crippen LogP contribution in [0.1, 0.15) is 30.9 Å². The van der Waals surface area contributed by atoms with Gasteiger partial charge < -0.3 is 0 Å². The van der Waals surface area contributed by atoms with E-state index in [9.17, 15) is 21.6 Å². The monoisotopic (exact) mass is 319 g/mol. The maximum atomic E-state index is 12.8. The lowest BCUT2D eigenvalue weighted by molar-refractivity contribution is -0.138. The summed E-state index contributed by atoms with van der Waals surface area (Å²) < 4.78 is 65.3. The van der Waals surface area contributed by atoms with Crippen LogP contribution in [0.15, 0.2) is 23.1 Å². The van der Waals surface area contributed by atoms with Gasteiger partial charge in [0.2, 0.25) is 10.0 Å². The summed E-state index contributed by atoms with van der Waals surface area (Å²) in [6.07, 6.45) is 1.16. The third-order valence-corrected chi connectivity index (χ3v) is 4.72. The van der Waals surface area contributed by atoms with Crippen molar-refractivity contribution in [1.29, 1.82) is 0 Å². The van der Waals surface area contributed by atoms with E-state index in [-0.39, 0.29) is 16.9 Å². The highest BCUT2D eigenvalue weighted by molar-refractivity contribution is 7.89. The fourth-order valence-electron chi connectivity index (χ4n) is 1.91. The van der Waals surface area contributed by atoms with Gasteiger partial charge in [-0.3, -0.25) is 0 Å². The van der Waals surface area contributed by atoms with E-state index in [1.807, 2.05) is 0 Å². The van der Waals surface area contributed by atoms with Crippen LogP contribution in [-0.4, -0.2) is 14.5 Å². The minimum absolute atomic E-state index is 0.174. The van der Waals surface area contributed by atoms with E-state index in [1.165, 1.54) is 0 Å². The molecule has 0 heterocycles. The molecule has 1 N–H and O–H groups in total. The lowest BCUT2D eigenvalue weighted by atomic mass is 10.1. The molecule has 0 bridgehead atoms. The van der Waals surface area contributed by atoms with Crippen LogP contribution in [0.2, 0.25) is 0 Å². The number of nitrogens with one attached hydrogen (secondary N) is 1. The summed E-state index contributed by atoms with van der Waals surface area (Å²) in [4.78, 5) is -0.382. The van der Waals surface area contributed by atoms with Crippen molar-refractivity contribution in [2.75, 3.05) is 0 Å². The van der Waals surface area contributed by atoms with E-state index in [0.717, 1.165) is 25.1 Å². The number of rotatable bonds is 5. The lowest BCUT2D eigenvalue weighted by Gasteiger charge is -2.18. The fourth-order valence-corrected chi connectivity index (χ4v) is 3.49. The molecule has 1 rings (SSSR count). The molecule has 116 valence electrons.